The van der Waals surface area contributed by atoms with E-state index in [1.54, 1.807) is 37.4 Å². The number of nitrogens with one attached hydrogen (secondary N) is 1. The first-order chi connectivity index (χ1) is 14.3. The summed E-state index contributed by atoms with van der Waals surface area (Å²) in [5.74, 6) is 1.36. The van der Waals surface area contributed by atoms with Crippen molar-refractivity contribution >= 4 is 28.0 Å². The summed E-state index contributed by atoms with van der Waals surface area (Å²) >= 11 is 0. The molecule has 30 heavy (non-hydrogen) atoms. The smallest absolute Gasteiger partial charge is 0.331 e. The van der Waals surface area contributed by atoms with Crippen molar-refractivity contribution in [2.75, 3.05) is 27.8 Å². The predicted octanol–water partition coefficient (Wildman–Crippen LogP) is 3.79. The maximum atomic E-state index is 13.1. The minimum Gasteiger partial charge on any atom is -0.496 e. The summed E-state index contributed by atoms with van der Waals surface area (Å²) in [4.78, 5) is 26.7. The standard InChI is InChI=1S/C20H27N5O4S/c1-7-24(4)20(26)25-18-14(8-9-16(23-18)28-5)22-19(25)30(27)11-15-13(3)17(29-6)12(2)10-21-15/h8-10,22,27H,7,11H2,1-6H3. The van der Waals surface area contributed by atoms with E-state index in [-0.39, 0.29) is 11.8 Å². The Morgan fingerprint density at radius 1 is 1.30 bits per heavy atom. The van der Waals surface area contributed by atoms with Gasteiger partial charge in [0.25, 0.3) is 0 Å². The third-order valence-electron chi connectivity index (χ3n) is 4.95. The summed E-state index contributed by atoms with van der Waals surface area (Å²) in [6.07, 6.45) is 1.72. The fraction of sp³-hybridized carbons (Fsp3) is 0.400. The van der Waals surface area contributed by atoms with E-state index >= 15 is 0 Å². The topological polar surface area (TPSA) is 106 Å². The number of amides is 1. The van der Waals surface area contributed by atoms with E-state index in [1.165, 1.54) is 11.7 Å². The molecule has 0 aromatic carbocycles. The van der Waals surface area contributed by atoms with Gasteiger partial charge in [0.2, 0.25) is 5.88 Å². The molecule has 3 rings (SSSR count). The monoisotopic (exact) mass is 433 g/mol. The molecular formula is C20H27N5O4S. The number of aryl methyl sites for hydroxylation is 1. The number of ether oxygens (including phenoxy) is 2. The van der Waals surface area contributed by atoms with E-state index in [4.69, 9.17) is 9.47 Å². The van der Waals surface area contributed by atoms with Crippen LogP contribution in [-0.4, -0.2) is 62.8 Å². The minimum atomic E-state index is -1.34. The maximum Gasteiger partial charge on any atom is 0.331 e. The highest BCUT2D eigenvalue weighted by molar-refractivity contribution is 8.03. The number of carbonyl (C=O) groups is 1. The lowest BCUT2D eigenvalue weighted by atomic mass is 10.1. The Morgan fingerprint density at radius 3 is 2.67 bits per heavy atom. The average Bonchev–Trinajstić information content (AvgIpc) is 3.13. The number of imidazole rings is 1. The second kappa shape index (κ2) is 8.88. The molecule has 10 heteroatoms. The van der Waals surface area contributed by atoms with Gasteiger partial charge in [-0.05, 0) is 37.6 Å². The predicted molar refractivity (Wildman–Crippen MR) is 117 cm³/mol. The van der Waals surface area contributed by atoms with Crippen LogP contribution in [0.1, 0.15) is 23.7 Å². The fourth-order valence-corrected chi connectivity index (χ4v) is 4.43. The molecule has 1 amide bonds. The van der Waals surface area contributed by atoms with Gasteiger partial charge in [-0.1, -0.05) is 0 Å². The molecule has 0 aliphatic heterocycles. The molecule has 0 radical (unpaired) electrons. The molecule has 9 nitrogen and oxygen atoms in total. The number of pyridine rings is 2. The van der Waals surface area contributed by atoms with Gasteiger partial charge in [-0.15, -0.1) is 0 Å². The number of rotatable bonds is 5. The van der Waals surface area contributed by atoms with Crippen molar-refractivity contribution in [1.82, 2.24) is 24.4 Å². The number of fused-ring (bicyclic) bond motifs is 1. The number of carbonyl (C=O) groups excluding carboxylic acids is 1. The summed E-state index contributed by atoms with van der Waals surface area (Å²) in [6, 6.07) is 3.18. The van der Waals surface area contributed by atoms with Crippen LogP contribution in [0.2, 0.25) is 0 Å². The Bertz CT molecular complexity index is 1170. The Kier molecular flexibility index (Phi) is 6.47. The second-order valence-corrected chi connectivity index (χ2v) is 8.25. The summed E-state index contributed by atoms with van der Waals surface area (Å²) in [5, 5.41) is 0. The highest BCUT2D eigenvalue weighted by Gasteiger charge is 2.19. The molecule has 3 heterocycles. The van der Waals surface area contributed by atoms with E-state index < -0.39 is 10.8 Å². The normalized spacial score (nSPS) is 12.7. The van der Waals surface area contributed by atoms with Crippen molar-refractivity contribution in [3.05, 3.63) is 39.9 Å². The molecule has 0 spiro atoms. The van der Waals surface area contributed by atoms with Gasteiger partial charge in [-0.3, -0.25) is 4.98 Å². The van der Waals surface area contributed by atoms with Gasteiger partial charge in [0.15, 0.2) is 10.4 Å². The first-order valence-electron chi connectivity index (χ1n) is 9.45. The van der Waals surface area contributed by atoms with Crippen LogP contribution in [0.4, 0.5) is 4.79 Å². The Balaban J connectivity index is 2.23. The molecule has 3 aromatic heterocycles. The summed E-state index contributed by atoms with van der Waals surface area (Å²) in [5.41, 5.74) is 3.51. The first kappa shape index (κ1) is 21.8. The van der Waals surface area contributed by atoms with Crippen molar-refractivity contribution in [2.24, 2.45) is 0 Å². The Morgan fingerprint density at radius 2 is 2.03 bits per heavy atom. The van der Waals surface area contributed by atoms with Gasteiger partial charge in [0, 0.05) is 37.0 Å². The van der Waals surface area contributed by atoms with Crippen LogP contribution in [0.15, 0.2) is 18.3 Å². The molecule has 162 valence electrons. The lowest BCUT2D eigenvalue weighted by Gasteiger charge is -2.16. The van der Waals surface area contributed by atoms with Crippen LogP contribution in [0.25, 0.3) is 11.2 Å². The summed E-state index contributed by atoms with van der Waals surface area (Å²) in [7, 11) is 3.48. The maximum absolute atomic E-state index is 13.1. The van der Waals surface area contributed by atoms with E-state index in [9.17, 15) is 9.35 Å². The quantitative estimate of drug-likeness (QED) is 0.593. The third kappa shape index (κ3) is 3.92. The van der Waals surface area contributed by atoms with E-state index in [1.807, 2.05) is 20.8 Å². The van der Waals surface area contributed by atoms with E-state index in [0.29, 0.717) is 34.1 Å². The van der Waals surface area contributed by atoms with Crippen molar-refractivity contribution in [3.63, 3.8) is 0 Å². The molecular weight excluding hydrogens is 406 g/mol. The first-order valence-corrected chi connectivity index (χ1v) is 10.8. The molecule has 1 atom stereocenters. The van der Waals surface area contributed by atoms with Crippen LogP contribution < -0.4 is 9.47 Å². The van der Waals surface area contributed by atoms with Crippen LogP contribution in [0, 0.1) is 18.6 Å². The average molecular weight is 434 g/mol. The number of hydrogen-bond acceptors (Lipinski definition) is 6. The lowest BCUT2D eigenvalue weighted by molar-refractivity contribution is 0.213. The summed E-state index contributed by atoms with van der Waals surface area (Å²) < 4.78 is 23.6. The number of aromatic nitrogens is 4. The van der Waals surface area contributed by atoms with Crippen molar-refractivity contribution in [1.29, 1.82) is 0 Å². The molecule has 0 aliphatic rings. The van der Waals surface area contributed by atoms with Gasteiger partial charge in [-0.2, -0.15) is 4.98 Å². The molecule has 2 N–H and O–H groups in total. The second-order valence-electron chi connectivity index (χ2n) is 6.84. The van der Waals surface area contributed by atoms with Gasteiger partial charge >= 0.3 is 6.03 Å². The lowest BCUT2D eigenvalue weighted by Crippen LogP contribution is -2.31. The molecule has 0 bridgehead atoms. The van der Waals surface area contributed by atoms with Gasteiger partial charge < -0.3 is 23.9 Å². The van der Waals surface area contributed by atoms with E-state index in [0.717, 1.165) is 16.9 Å². The number of hydrogen-bond donors (Lipinski definition) is 2. The zero-order valence-electron chi connectivity index (χ0n) is 18.0. The molecule has 0 saturated heterocycles. The number of aromatic amines is 1. The fourth-order valence-electron chi connectivity index (χ4n) is 3.14. The number of methoxy groups -OCH3 is 2. The zero-order chi connectivity index (χ0) is 22.0. The third-order valence-corrected chi connectivity index (χ3v) is 6.23. The van der Waals surface area contributed by atoms with Crippen molar-refractivity contribution < 1.29 is 18.8 Å². The number of nitrogens with zero attached hydrogens (tertiary/aromatic N) is 4. The SMILES string of the molecule is CCN(C)C(=O)n1/c(=S(/O)Cc2ncc(C)c(OC)c2C)[nH]c2ccc(OC)nc21. The molecule has 3 aromatic rings. The molecule has 0 saturated carbocycles. The highest BCUT2D eigenvalue weighted by Crippen LogP contribution is 2.29. The van der Waals surface area contributed by atoms with Crippen LogP contribution in [-0.2, 0) is 5.75 Å². The van der Waals surface area contributed by atoms with Crippen molar-refractivity contribution in [3.8, 4) is 11.6 Å². The van der Waals surface area contributed by atoms with Crippen LogP contribution in [0.3, 0.4) is 0 Å². The Labute approximate surface area is 177 Å². The minimum absolute atomic E-state index is 0.232. The van der Waals surface area contributed by atoms with Gasteiger partial charge in [0.1, 0.15) is 5.75 Å². The van der Waals surface area contributed by atoms with Gasteiger partial charge in [0.05, 0.1) is 31.2 Å². The van der Waals surface area contributed by atoms with Crippen LogP contribution >= 0.6 is 10.8 Å². The van der Waals surface area contributed by atoms with Crippen LogP contribution in [0.5, 0.6) is 11.6 Å². The summed E-state index contributed by atoms with van der Waals surface area (Å²) in [6.45, 7) is 6.22. The van der Waals surface area contributed by atoms with Crippen molar-refractivity contribution in [2.45, 2.75) is 26.5 Å². The highest BCUT2D eigenvalue weighted by atomic mass is 32.2. The number of H-pyrrole nitrogens is 1. The molecule has 0 aliphatic carbocycles. The zero-order valence-corrected chi connectivity index (χ0v) is 18.8. The molecule has 1 unspecified atom stereocenters. The Hall–Kier alpha value is -2.85. The van der Waals surface area contributed by atoms with Gasteiger partial charge in [-0.25, -0.2) is 9.36 Å². The van der Waals surface area contributed by atoms with E-state index in [2.05, 4.69) is 15.0 Å². The largest absolute Gasteiger partial charge is 0.496 e. The molecule has 0 fully saturated rings.